The minimum absolute atomic E-state index is 0.0886. The van der Waals surface area contributed by atoms with Crippen molar-refractivity contribution in [2.75, 3.05) is 5.32 Å². The van der Waals surface area contributed by atoms with E-state index in [1.54, 1.807) is 0 Å². The van der Waals surface area contributed by atoms with Crippen molar-refractivity contribution in [1.29, 1.82) is 0 Å². The van der Waals surface area contributed by atoms with Gasteiger partial charge in [0.05, 0.1) is 4.88 Å². The second-order valence-corrected chi connectivity index (χ2v) is 7.33. The molecule has 3 aromatic rings. The maximum absolute atomic E-state index is 12.6. The number of benzene rings is 2. The number of hydrogen-bond acceptors (Lipinski definition) is 3. The van der Waals surface area contributed by atoms with Crippen LogP contribution >= 0.6 is 11.3 Å². The molecule has 0 spiro atoms. The number of carbonyl (C=O) groups excluding carboxylic acids is 1. The van der Waals surface area contributed by atoms with Crippen LogP contribution < -0.4 is 10.1 Å². The Morgan fingerprint density at radius 2 is 1.96 bits per heavy atom. The van der Waals surface area contributed by atoms with Crippen LogP contribution in [0, 0.1) is 13.8 Å². The largest absolute Gasteiger partial charge is 0.488 e. The van der Waals surface area contributed by atoms with E-state index < -0.39 is 0 Å². The smallest absolute Gasteiger partial charge is 0.265 e. The number of rotatable bonds is 6. The Morgan fingerprint density at radius 3 is 2.78 bits per heavy atom. The first-order chi connectivity index (χ1) is 13.1. The van der Waals surface area contributed by atoms with Crippen molar-refractivity contribution in [1.82, 2.24) is 0 Å². The lowest BCUT2D eigenvalue weighted by molar-refractivity contribution is 0.103. The number of ether oxygens (including phenoxy) is 1. The number of para-hydroxylation sites is 1. The normalized spacial score (nSPS) is 10.9. The summed E-state index contributed by atoms with van der Waals surface area (Å²) in [4.78, 5) is 13.2. The molecule has 0 aliphatic carbocycles. The summed E-state index contributed by atoms with van der Waals surface area (Å²) in [6, 6.07) is 15.9. The van der Waals surface area contributed by atoms with Crippen LogP contribution in [0.5, 0.6) is 5.75 Å². The Hall–Kier alpha value is -2.85. The molecule has 1 aromatic heterocycles. The van der Waals surface area contributed by atoms with Gasteiger partial charge in [0, 0.05) is 16.8 Å². The average molecular weight is 378 g/mol. The first kappa shape index (κ1) is 18.9. The second-order valence-electron chi connectivity index (χ2n) is 6.42. The van der Waals surface area contributed by atoms with Gasteiger partial charge in [-0.1, -0.05) is 42.5 Å². The highest BCUT2D eigenvalue weighted by molar-refractivity contribution is 7.12. The topological polar surface area (TPSA) is 38.3 Å². The van der Waals surface area contributed by atoms with Crippen LogP contribution in [0.1, 0.15) is 38.8 Å². The van der Waals surface area contributed by atoms with E-state index in [1.165, 1.54) is 11.3 Å². The Morgan fingerprint density at radius 1 is 1.15 bits per heavy atom. The third kappa shape index (κ3) is 4.86. The van der Waals surface area contributed by atoms with Gasteiger partial charge in [-0.15, -0.1) is 11.3 Å². The van der Waals surface area contributed by atoms with Crippen LogP contribution in [-0.4, -0.2) is 5.91 Å². The third-order valence-electron chi connectivity index (χ3n) is 4.18. The maximum atomic E-state index is 12.6. The lowest BCUT2D eigenvalue weighted by atomic mass is 10.1. The van der Waals surface area contributed by atoms with E-state index in [-0.39, 0.29) is 5.91 Å². The molecule has 1 heterocycles. The molecule has 2 aromatic carbocycles. The number of nitrogens with one attached hydrogen (secondary N) is 1. The van der Waals surface area contributed by atoms with Crippen molar-refractivity contribution >= 4 is 29.0 Å². The molecule has 0 radical (unpaired) electrons. The SMILES string of the molecule is C/C=C/c1ccccc1OCc1csc(C(=O)Nc2cc(C)ccc2C)c1. The zero-order chi connectivity index (χ0) is 19.2. The zero-order valence-corrected chi connectivity index (χ0v) is 16.6. The highest BCUT2D eigenvalue weighted by Gasteiger charge is 2.11. The Bertz CT molecular complexity index is 972. The van der Waals surface area contributed by atoms with E-state index >= 15 is 0 Å². The van der Waals surface area contributed by atoms with Gasteiger partial charge < -0.3 is 10.1 Å². The summed E-state index contributed by atoms with van der Waals surface area (Å²) in [5, 5.41) is 4.97. The molecule has 0 fully saturated rings. The Balaban J connectivity index is 1.66. The number of allylic oxidation sites excluding steroid dienone is 1. The highest BCUT2D eigenvalue weighted by atomic mass is 32.1. The number of hydrogen-bond donors (Lipinski definition) is 1. The summed E-state index contributed by atoms with van der Waals surface area (Å²) < 4.78 is 5.95. The second kappa shape index (κ2) is 8.69. The Kier molecular flexibility index (Phi) is 6.09. The van der Waals surface area contributed by atoms with E-state index in [4.69, 9.17) is 4.74 Å². The molecule has 138 valence electrons. The van der Waals surface area contributed by atoms with E-state index in [2.05, 4.69) is 5.32 Å². The fourth-order valence-corrected chi connectivity index (χ4v) is 3.51. The lowest BCUT2D eigenvalue weighted by Gasteiger charge is -2.08. The van der Waals surface area contributed by atoms with Crippen molar-refractivity contribution in [2.24, 2.45) is 0 Å². The number of carbonyl (C=O) groups is 1. The lowest BCUT2D eigenvalue weighted by Crippen LogP contribution is -2.11. The van der Waals surface area contributed by atoms with E-state index in [0.29, 0.717) is 11.5 Å². The fraction of sp³-hybridized carbons (Fsp3) is 0.174. The first-order valence-electron chi connectivity index (χ1n) is 8.87. The molecule has 3 nitrogen and oxygen atoms in total. The molecule has 0 aliphatic rings. The van der Waals surface area contributed by atoms with Crippen molar-refractivity contribution in [3.8, 4) is 5.75 Å². The molecular weight excluding hydrogens is 354 g/mol. The summed E-state index contributed by atoms with van der Waals surface area (Å²) in [5.74, 6) is 0.748. The molecule has 1 amide bonds. The number of amides is 1. The summed E-state index contributed by atoms with van der Waals surface area (Å²) in [6.07, 6.45) is 4.01. The standard InChI is InChI=1S/C23H23NO2S/c1-4-7-19-8-5-6-9-21(19)26-14-18-13-22(27-15-18)23(25)24-20-12-16(2)10-11-17(20)3/h4-13,15H,14H2,1-3H3,(H,24,25)/b7-4+. The quantitative estimate of drug-likeness (QED) is 0.553. The zero-order valence-electron chi connectivity index (χ0n) is 15.8. The number of aryl methyl sites for hydroxylation is 2. The van der Waals surface area contributed by atoms with Gasteiger partial charge in [0.25, 0.3) is 5.91 Å². The molecule has 0 unspecified atom stereocenters. The third-order valence-corrected chi connectivity index (χ3v) is 5.16. The highest BCUT2D eigenvalue weighted by Crippen LogP contribution is 2.23. The van der Waals surface area contributed by atoms with E-state index in [1.807, 2.05) is 86.8 Å². The number of thiophene rings is 1. The first-order valence-corrected chi connectivity index (χ1v) is 9.75. The Labute approximate surface area is 164 Å². The van der Waals surface area contributed by atoms with Gasteiger partial charge >= 0.3 is 0 Å². The maximum Gasteiger partial charge on any atom is 0.265 e. The van der Waals surface area contributed by atoms with Gasteiger partial charge in [0.2, 0.25) is 0 Å². The molecule has 0 bridgehead atoms. The van der Waals surface area contributed by atoms with Gasteiger partial charge in [0.1, 0.15) is 12.4 Å². The number of anilines is 1. The van der Waals surface area contributed by atoms with Crippen LogP contribution in [-0.2, 0) is 6.61 Å². The van der Waals surface area contributed by atoms with E-state index in [9.17, 15) is 4.79 Å². The van der Waals surface area contributed by atoms with Crippen molar-refractivity contribution in [3.63, 3.8) is 0 Å². The summed E-state index contributed by atoms with van der Waals surface area (Å²) in [6.45, 7) is 6.42. The molecule has 27 heavy (non-hydrogen) atoms. The summed E-state index contributed by atoms with van der Waals surface area (Å²) in [5.41, 5.74) is 5.06. The molecule has 4 heteroatoms. The van der Waals surface area contributed by atoms with Gasteiger partial charge in [0.15, 0.2) is 0 Å². The predicted molar refractivity (Wildman–Crippen MR) is 114 cm³/mol. The minimum atomic E-state index is -0.0886. The molecule has 1 N–H and O–H groups in total. The summed E-state index contributed by atoms with van der Waals surface area (Å²) >= 11 is 1.43. The molecule has 3 rings (SSSR count). The monoisotopic (exact) mass is 377 g/mol. The van der Waals surface area contributed by atoms with Crippen LogP contribution in [0.25, 0.3) is 6.08 Å². The summed E-state index contributed by atoms with van der Waals surface area (Å²) in [7, 11) is 0. The van der Waals surface area contributed by atoms with Gasteiger partial charge in [-0.2, -0.15) is 0 Å². The van der Waals surface area contributed by atoms with Crippen LogP contribution in [0.15, 0.2) is 60.0 Å². The molecule has 0 atom stereocenters. The predicted octanol–water partition coefficient (Wildman–Crippen LogP) is 6.23. The van der Waals surface area contributed by atoms with Crippen molar-refractivity contribution in [2.45, 2.75) is 27.4 Å². The molecular formula is C23H23NO2S. The van der Waals surface area contributed by atoms with Crippen LogP contribution in [0.4, 0.5) is 5.69 Å². The average Bonchev–Trinajstić information content (AvgIpc) is 3.13. The molecule has 0 saturated heterocycles. The molecule has 0 aliphatic heterocycles. The minimum Gasteiger partial charge on any atom is -0.488 e. The van der Waals surface area contributed by atoms with E-state index in [0.717, 1.165) is 33.7 Å². The van der Waals surface area contributed by atoms with Gasteiger partial charge in [-0.05, 0) is 55.5 Å². The van der Waals surface area contributed by atoms with Crippen molar-refractivity contribution in [3.05, 3.63) is 87.1 Å². The van der Waals surface area contributed by atoms with Crippen LogP contribution in [0.2, 0.25) is 0 Å². The molecule has 0 saturated carbocycles. The van der Waals surface area contributed by atoms with Gasteiger partial charge in [-0.3, -0.25) is 4.79 Å². The van der Waals surface area contributed by atoms with Crippen molar-refractivity contribution < 1.29 is 9.53 Å². The fourth-order valence-electron chi connectivity index (χ4n) is 2.72. The van der Waals surface area contributed by atoms with Crippen LogP contribution in [0.3, 0.4) is 0 Å². The van der Waals surface area contributed by atoms with Gasteiger partial charge in [-0.25, -0.2) is 0 Å².